The summed E-state index contributed by atoms with van der Waals surface area (Å²) in [6.07, 6.45) is 6.93. The number of aliphatic hydroxyl groups excluding tert-OH is 1. The molecule has 1 aliphatic heterocycles. The number of imidazole rings is 1. The van der Waals surface area contributed by atoms with Crippen LogP contribution in [-0.2, 0) is 6.54 Å². The van der Waals surface area contributed by atoms with E-state index in [0.717, 1.165) is 36.5 Å². The van der Waals surface area contributed by atoms with Crippen molar-refractivity contribution in [1.82, 2.24) is 14.5 Å². The summed E-state index contributed by atoms with van der Waals surface area (Å²) in [4.78, 5) is 8.47. The average molecular weight is 215 g/mol. The maximum atomic E-state index is 9.83. The van der Waals surface area contributed by atoms with Gasteiger partial charge in [-0.15, -0.1) is 0 Å². The second-order valence-electron chi connectivity index (χ2n) is 4.07. The summed E-state index contributed by atoms with van der Waals surface area (Å²) >= 11 is 0. The topological polar surface area (TPSA) is 50.9 Å². The molecular formula is C12H13N3O. The highest BCUT2D eigenvalue weighted by Gasteiger charge is 2.20. The fraction of sp³-hybridized carbons (Fsp3) is 0.333. The molecule has 1 aliphatic rings. The molecule has 0 fully saturated rings. The van der Waals surface area contributed by atoms with Crippen LogP contribution in [0.1, 0.15) is 24.8 Å². The zero-order valence-corrected chi connectivity index (χ0v) is 8.87. The summed E-state index contributed by atoms with van der Waals surface area (Å²) < 4.78 is 2.05. The highest BCUT2D eigenvalue weighted by atomic mass is 16.3. The third-order valence-corrected chi connectivity index (χ3v) is 2.96. The molecule has 4 heteroatoms. The Bertz CT molecular complexity index is 492. The van der Waals surface area contributed by atoms with Crippen molar-refractivity contribution in [2.75, 3.05) is 0 Å². The van der Waals surface area contributed by atoms with Crippen molar-refractivity contribution in [2.24, 2.45) is 0 Å². The summed E-state index contributed by atoms with van der Waals surface area (Å²) in [5, 5.41) is 9.83. The second kappa shape index (κ2) is 3.72. The molecule has 3 heterocycles. The highest BCUT2D eigenvalue weighted by molar-refractivity contribution is 5.57. The molecule has 0 saturated heterocycles. The van der Waals surface area contributed by atoms with Crippen LogP contribution in [0.4, 0.5) is 0 Å². The number of fused-ring (bicyclic) bond motifs is 1. The molecule has 1 N–H and O–H groups in total. The minimum atomic E-state index is -0.413. The number of hydrogen-bond acceptors (Lipinski definition) is 3. The number of nitrogens with zero attached hydrogens (tertiary/aromatic N) is 3. The molecule has 0 radical (unpaired) electrons. The normalized spacial score (nSPS) is 19.4. The Kier molecular flexibility index (Phi) is 2.22. The predicted molar refractivity (Wildman–Crippen MR) is 59.7 cm³/mol. The van der Waals surface area contributed by atoms with Crippen molar-refractivity contribution < 1.29 is 5.11 Å². The number of hydrogen-bond donors (Lipinski definition) is 1. The molecule has 16 heavy (non-hydrogen) atoms. The van der Waals surface area contributed by atoms with Crippen LogP contribution in [0.5, 0.6) is 0 Å². The first-order valence-electron chi connectivity index (χ1n) is 5.50. The first-order valence-corrected chi connectivity index (χ1v) is 5.50. The van der Waals surface area contributed by atoms with Crippen LogP contribution in [-0.4, -0.2) is 19.6 Å². The fourth-order valence-corrected chi connectivity index (χ4v) is 2.12. The van der Waals surface area contributed by atoms with Gasteiger partial charge in [-0.3, -0.25) is 4.98 Å². The van der Waals surface area contributed by atoms with E-state index in [1.807, 2.05) is 22.9 Å². The van der Waals surface area contributed by atoms with E-state index in [0.29, 0.717) is 0 Å². The molecular weight excluding hydrogens is 202 g/mol. The summed E-state index contributed by atoms with van der Waals surface area (Å²) in [5.41, 5.74) is 1.96. The molecule has 0 spiro atoms. The van der Waals surface area contributed by atoms with E-state index in [4.69, 9.17) is 0 Å². The third kappa shape index (κ3) is 1.51. The molecule has 0 saturated carbocycles. The van der Waals surface area contributed by atoms with E-state index in [1.54, 1.807) is 12.4 Å². The Balaban J connectivity index is 2.05. The van der Waals surface area contributed by atoms with Gasteiger partial charge in [-0.1, -0.05) is 0 Å². The quantitative estimate of drug-likeness (QED) is 0.788. The maximum absolute atomic E-state index is 9.83. The maximum Gasteiger partial charge on any atom is 0.138 e. The molecule has 4 nitrogen and oxygen atoms in total. The number of aliphatic hydroxyl groups is 1. The van der Waals surface area contributed by atoms with E-state index in [9.17, 15) is 5.11 Å². The SMILES string of the molecule is O[C@@H]1CCCn2cc(-c3ccncc3)nc21. The number of rotatable bonds is 1. The summed E-state index contributed by atoms with van der Waals surface area (Å²) in [5.74, 6) is 0.790. The summed E-state index contributed by atoms with van der Waals surface area (Å²) in [7, 11) is 0. The Labute approximate surface area is 93.6 Å². The lowest BCUT2D eigenvalue weighted by Crippen LogP contribution is -2.14. The summed E-state index contributed by atoms with van der Waals surface area (Å²) in [6.45, 7) is 0.949. The summed E-state index contributed by atoms with van der Waals surface area (Å²) in [6, 6.07) is 3.86. The van der Waals surface area contributed by atoms with Gasteiger partial charge in [0, 0.05) is 30.7 Å². The second-order valence-corrected chi connectivity index (χ2v) is 4.07. The molecule has 1 atom stereocenters. The average Bonchev–Trinajstić information content (AvgIpc) is 2.76. The Hall–Kier alpha value is -1.68. The third-order valence-electron chi connectivity index (χ3n) is 2.96. The highest BCUT2D eigenvalue weighted by Crippen LogP contribution is 2.27. The number of pyridine rings is 1. The lowest BCUT2D eigenvalue weighted by Gasteiger charge is -2.18. The van der Waals surface area contributed by atoms with Crippen LogP contribution in [0.25, 0.3) is 11.3 Å². The van der Waals surface area contributed by atoms with E-state index in [1.165, 1.54) is 0 Å². The van der Waals surface area contributed by atoms with E-state index < -0.39 is 6.10 Å². The van der Waals surface area contributed by atoms with Gasteiger partial charge >= 0.3 is 0 Å². The smallest absolute Gasteiger partial charge is 0.138 e. The Morgan fingerprint density at radius 1 is 1.31 bits per heavy atom. The first-order chi connectivity index (χ1) is 7.84. The van der Waals surface area contributed by atoms with Gasteiger partial charge < -0.3 is 9.67 Å². The monoisotopic (exact) mass is 215 g/mol. The predicted octanol–water partition coefficient (Wildman–Crippen LogP) is 1.77. The van der Waals surface area contributed by atoms with Crippen LogP contribution in [0.3, 0.4) is 0 Å². The van der Waals surface area contributed by atoms with Crippen LogP contribution < -0.4 is 0 Å². The lowest BCUT2D eigenvalue weighted by molar-refractivity contribution is 0.134. The van der Waals surface area contributed by atoms with E-state index in [-0.39, 0.29) is 0 Å². The van der Waals surface area contributed by atoms with Crippen LogP contribution >= 0.6 is 0 Å². The molecule has 2 aromatic heterocycles. The van der Waals surface area contributed by atoms with Gasteiger partial charge in [0.05, 0.1) is 5.69 Å². The molecule has 0 aliphatic carbocycles. The Morgan fingerprint density at radius 2 is 2.12 bits per heavy atom. The lowest BCUT2D eigenvalue weighted by atomic mass is 10.1. The van der Waals surface area contributed by atoms with Crippen molar-refractivity contribution in [3.63, 3.8) is 0 Å². The van der Waals surface area contributed by atoms with Gasteiger partial charge in [-0.25, -0.2) is 4.98 Å². The molecule has 82 valence electrons. The standard InChI is InChI=1S/C12H13N3O/c16-11-2-1-7-15-8-10(14-12(11)15)9-3-5-13-6-4-9/h3-6,8,11,16H,1-2,7H2/t11-/m1/s1. The minimum absolute atomic E-state index is 0.413. The fourth-order valence-electron chi connectivity index (χ4n) is 2.12. The van der Waals surface area contributed by atoms with Crippen LogP contribution in [0.15, 0.2) is 30.7 Å². The minimum Gasteiger partial charge on any atom is -0.385 e. The molecule has 0 unspecified atom stereocenters. The first kappa shape index (κ1) is 9.54. The van der Waals surface area contributed by atoms with E-state index >= 15 is 0 Å². The van der Waals surface area contributed by atoms with E-state index in [2.05, 4.69) is 9.97 Å². The van der Waals surface area contributed by atoms with Gasteiger partial charge in [-0.05, 0) is 25.0 Å². The number of aromatic nitrogens is 3. The van der Waals surface area contributed by atoms with Crippen molar-refractivity contribution in [3.8, 4) is 11.3 Å². The molecule has 2 aromatic rings. The Morgan fingerprint density at radius 3 is 2.88 bits per heavy atom. The molecule has 0 amide bonds. The molecule has 0 bridgehead atoms. The van der Waals surface area contributed by atoms with Crippen LogP contribution in [0.2, 0.25) is 0 Å². The largest absolute Gasteiger partial charge is 0.385 e. The van der Waals surface area contributed by atoms with Crippen molar-refractivity contribution >= 4 is 0 Å². The zero-order valence-electron chi connectivity index (χ0n) is 8.87. The van der Waals surface area contributed by atoms with Crippen molar-refractivity contribution in [2.45, 2.75) is 25.5 Å². The van der Waals surface area contributed by atoms with Gasteiger partial charge in [0.15, 0.2) is 0 Å². The van der Waals surface area contributed by atoms with Crippen molar-refractivity contribution in [3.05, 3.63) is 36.5 Å². The van der Waals surface area contributed by atoms with Gasteiger partial charge in [0.2, 0.25) is 0 Å². The number of aryl methyl sites for hydroxylation is 1. The van der Waals surface area contributed by atoms with Gasteiger partial charge in [0.1, 0.15) is 11.9 Å². The zero-order chi connectivity index (χ0) is 11.0. The van der Waals surface area contributed by atoms with Gasteiger partial charge in [-0.2, -0.15) is 0 Å². The van der Waals surface area contributed by atoms with Crippen LogP contribution in [0, 0.1) is 0 Å². The molecule has 0 aromatic carbocycles. The van der Waals surface area contributed by atoms with Crippen molar-refractivity contribution in [1.29, 1.82) is 0 Å². The molecule has 3 rings (SSSR count). The van der Waals surface area contributed by atoms with Gasteiger partial charge in [0.25, 0.3) is 0 Å².